The second-order valence-corrected chi connectivity index (χ2v) is 6.02. The first-order chi connectivity index (χ1) is 9.69. The first-order valence-corrected chi connectivity index (χ1v) is 7.58. The van der Waals surface area contributed by atoms with Crippen LogP contribution in [-0.2, 0) is 6.42 Å². The summed E-state index contributed by atoms with van der Waals surface area (Å²) >= 11 is 0. The predicted octanol–water partition coefficient (Wildman–Crippen LogP) is 1.45. The fraction of sp³-hybridized carbons (Fsp3) is 0.688. The predicted molar refractivity (Wildman–Crippen MR) is 81.7 cm³/mol. The number of nitrogens with one attached hydrogen (secondary N) is 1. The summed E-state index contributed by atoms with van der Waals surface area (Å²) in [6.45, 7) is 1.29. The number of aliphatic hydroxyl groups is 1. The molecule has 0 amide bonds. The quantitative estimate of drug-likeness (QED) is 0.826. The first-order valence-electron chi connectivity index (χ1n) is 7.58. The van der Waals surface area contributed by atoms with Crippen LogP contribution >= 0.6 is 0 Å². The van der Waals surface area contributed by atoms with Crippen LogP contribution in [0.4, 0.5) is 0 Å². The molecule has 1 heterocycles. The van der Waals surface area contributed by atoms with Crippen LogP contribution < -0.4 is 5.32 Å². The molecule has 1 fully saturated rings. The van der Waals surface area contributed by atoms with Gasteiger partial charge in [0.15, 0.2) is 0 Å². The van der Waals surface area contributed by atoms with Gasteiger partial charge in [-0.25, -0.2) is 0 Å². The SMILES string of the molecule is CNC1(CO)CCCC(N(C)CCc2ccncc2)C1. The van der Waals surface area contributed by atoms with E-state index in [1.54, 1.807) is 0 Å². The van der Waals surface area contributed by atoms with Crippen LogP contribution in [-0.4, -0.2) is 53.8 Å². The maximum Gasteiger partial charge on any atom is 0.0613 e. The maximum atomic E-state index is 9.66. The van der Waals surface area contributed by atoms with E-state index in [0.29, 0.717) is 6.04 Å². The second kappa shape index (κ2) is 7.16. The molecule has 2 atom stereocenters. The zero-order chi connectivity index (χ0) is 14.4. The van der Waals surface area contributed by atoms with Crippen molar-refractivity contribution in [1.82, 2.24) is 15.2 Å². The molecule has 2 rings (SSSR count). The number of pyridine rings is 1. The number of hydrogen-bond donors (Lipinski definition) is 2. The van der Waals surface area contributed by atoms with E-state index in [9.17, 15) is 5.11 Å². The highest BCUT2D eigenvalue weighted by atomic mass is 16.3. The number of hydrogen-bond acceptors (Lipinski definition) is 4. The van der Waals surface area contributed by atoms with Gasteiger partial charge in [-0.2, -0.15) is 0 Å². The van der Waals surface area contributed by atoms with E-state index >= 15 is 0 Å². The largest absolute Gasteiger partial charge is 0.394 e. The van der Waals surface area contributed by atoms with Gasteiger partial charge in [0.2, 0.25) is 0 Å². The molecule has 4 heteroatoms. The van der Waals surface area contributed by atoms with Gasteiger partial charge < -0.3 is 15.3 Å². The standard InChI is InChI=1S/C16H27N3O/c1-17-16(13-20)8-3-4-15(12-16)19(2)11-7-14-5-9-18-10-6-14/h5-6,9-10,15,17,20H,3-4,7-8,11-13H2,1-2H3. The number of likely N-dealkylation sites (N-methyl/N-ethyl adjacent to an activating group) is 2. The van der Waals surface area contributed by atoms with Gasteiger partial charge in [-0.3, -0.25) is 4.98 Å². The number of nitrogens with zero attached hydrogens (tertiary/aromatic N) is 2. The van der Waals surface area contributed by atoms with Crippen molar-refractivity contribution in [2.45, 2.75) is 43.7 Å². The Hall–Kier alpha value is -0.970. The van der Waals surface area contributed by atoms with Crippen LogP contribution in [0.5, 0.6) is 0 Å². The molecule has 0 aromatic carbocycles. The van der Waals surface area contributed by atoms with Crippen LogP contribution in [0, 0.1) is 0 Å². The lowest BCUT2D eigenvalue weighted by molar-refractivity contribution is 0.0752. The molecule has 2 N–H and O–H groups in total. The van der Waals surface area contributed by atoms with Gasteiger partial charge in [0.05, 0.1) is 6.61 Å². The molecule has 1 aromatic heterocycles. The molecular weight excluding hydrogens is 250 g/mol. The summed E-state index contributed by atoms with van der Waals surface area (Å²) in [7, 11) is 4.17. The highest BCUT2D eigenvalue weighted by Gasteiger charge is 2.35. The van der Waals surface area contributed by atoms with Crippen molar-refractivity contribution in [3.05, 3.63) is 30.1 Å². The minimum atomic E-state index is -0.0756. The first kappa shape index (κ1) is 15.4. The summed E-state index contributed by atoms with van der Waals surface area (Å²) in [5, 5.41) is 13.0. The van der Waals surface area contributed by atoms with Crippen LogP contribution in [0.1, 0.15) is 31.2 Å². The smallest absolute Gasteiger partial charge is 0.0613 e. The Kier molecular flexibility index (Phi) is 5.52. The third-order valence-electron chi connectivity index (χ3n) is 4.78. The van der Waals surface area contributed by atoms with E-state index in [4.69, 9.17) is 0 Å². The van der Waals surface area contributed by atoms with Crippen molar-refractivity contribution in [1.29, 1.82) is 0 Å². The van der Waals surface area contributed by atoms with E-state index in [-0.39, 0.29) is 12.1 Å². The third kappa shape index (κ3) is 3.78. The van der Waals surface area contributed by atoms with Crippen molar-refractivity contribution in [2.24, 2.45) is 0 Å². The Bertz CT molecular complexity index is 392. The number of rotatable bonds is 6. The van der Waals surface area contributed by atoms with Crippen LogP contribution in [0.15, 0.2) is 24.5 Å². The highest BCUT2D eigenvalue weighted by Crippen LogP contribution is 2.30. The Balaban J connectivity index is 1.87. The fourth-order valence-electron chi connectivity index (χ4n) is 3.19. The molecule has 1 saturated carbocycles. The van der Waals surface area contributed by atoms with E-state index < -0.39 is 0 Å². The molecular formula is C16H27N3O. The number of aliphatic hydroxyl groups excluding tert-OH is 1. The molecule has 4 nitrogen and oxygen atoms in total. The maximum absolute atomic E-state index is 9.66. The average Bonchev–Trinajstić information content (AvgIpc) is 2.53. The van der Waals surface area contributed by atoms with Gasteiger partial charge in [-0.15, -0.1) is 0 Å². The van der Waals surface area contributed by atoms with Crippen molar-refractivity contribution < 1.29 is 5.11 Å². The Morgan fingerprint density at radius 3 is 2.85 bits per heavy atom. The zero-order valence-corrected chi connectivity index (χ0v) is 12.7. The topological polar surface area (TPSA) is 48.4 Å². The summed E-state index contributed by atoms with van der Waals surface area (Å²) in [6.07, 6.45) is 9.30. The van der Waals surface area contributed by atoms with Gasteiger partial charge in [-0.05, 0) is 63.9 Å². The highest BCUT2D eigenvalue weighted by molar-refractivity contribution is 5.10. The molecule has 2 unspecified atom stereocenters. The van der Waals surface area contributed by atoms with Crippen LogP contribution in [0.25, 0.3) is 0 Å². The summed E-state index contributed by atoms with van der Waals surface area (Å²) < 4.78 is 0. The van der Waals surface area contributed by atoms with Crippen molar-refractivity contribution in [3.8, 4) is 0 Å². The normalized spacial score (nSPS) is 26.9. The summed E-state index contributed by atoms with van der Waals surface area (Å²) in [5.74, 6) is 0. The summed E-state index contributed by atoms with van der Waals surface area (Å²) in [4.78, 5) is 6.50. The van der Waals surface area contributed by atoms with E-state index in [0.717, 1.165) is 25.8 Å². The van der Waals surface area contributed by atoms with Gasteiger partial charge in [0, 0.05) is 30.5 Å². The second-order valence-electron chi connectivity index (χ2n) is 6.02. The molecule has 1 aliphatic carbocycles. The Morgan fingerprint density at radius 2 is 2.20 bits per heavy atom. The molecule has 0 spiro atoms. The van der Waals surface area contributed by atoms with Crippen molar-refractivity contribution >= 4 is 0 Å². The van der Waals surface area contributed by atoms with Gasteiger partial charge in [0.25, 0.3) is 0 Å². The molecule has 20 heavy (non-hydrogen) atoms. The molecule has 1 aromatic rings. The van der Waals surface area contributed by atoms with Crippen LogP contribution in [0.3, 0.4) is 0 Å². The lowest BCUT2D eigenvalue weighted by atomic mass is 9.79. The molecule has 0 radical (unpaired) electrons. The average molecular weight is 277 g/mol. The summed E-state index contributed by atoms with van der Waals surface area (Å²) in [6, 6.07) is 4.73. The van der Waals surface area contributed by atoms with Crippen LogP contribution in [0.2, 0.25) is 0 Å². The summed E-state index contributed by atoms with van der Waals surface area (Å²) in [5.41, 5.74) is 1.26. The molecule has 0 saturated heterocycles. The molecule has 0 aliphatic heterocycles. The fourth-order valence-corrected chi connectivity index (χ4v) is 3.19. The van der Waals surface area contributed by atoms with E-state index in [1.165, 1.54) is 18.4 Å². The van der Waals surface area contributed by atoms with E-state index in [2.05, 4.69) is 34.4 Å². The lowest BCUT2D eigenvalue weighted by Crippen LogP contribution is -2.54. The molecule has 1 aliphatic rings. The minimum absolute atomic E-state index is 0.0756. The third-order valence-corrected chi connectivity index (χ3v) is 4.78. The molecule has 112 valence electrons. The van der Waals surface area contributed by atoms with Gasteiger partial charge >= 0.3 is 0 Å². The van der Waals surface area contributed by atoms with Gasteiger partial charge in [0.1, 0.15) is 0 Å². The Labute approximate surface area is 122 Å². The van der Waals surface area contributed by atoms with E-state index in [1.807, 2.05) is 19.4 Å². The number of aromatic nitrogens is 1. The Morgan fingerprint density at radius 1 is 1.45 bits per heavy atom. The monoisotopic (exact) mass is 277 g/mol. The lowest BCUT2D eigenvalue weighted by Gasteiger charge is -2.43. The molecule has 0 bridgehead atoms. The zero-order valence-electron chi connectivity index (χ0n) is 12.7. The van der Waals surface area contributed by atoms with Crippen molar-refractivity contribution in [2.75, 3.05) is 27.2 Å². The van der Waals surface area contributed by atoms with Gasteiger partial charge in [-0.1, -0.05) is 0 Å². The van der Waals surface area contributed by atoms with Crippen molar-refractivity contribution in [3.63, 3.8) is 0 Å². The minimum Gasteiger partial charge on any atom is -0.394 e.